The van der Waals surface area contributed by atoms with Crippen LogP contribution >= 0.6 is 0 Å². The summed E-state index contributed by atoms with van der Waals surface area (Å²) in [5.74, 6) is -0.129. The Labute approximate surface area is 218 Å². The van der Waals surface area contributed by atoms with Crippen molar-refractivity contribution in [3.8, 4) is 5.88 Å². The topological polar surface area (TPSA) is 75.2 Å². The van der Waals surface area contributed by atoms with Gasteiger partial charge in [-0.25, -0.2) is 9.78 Å². The van der Waals surface area contributed by atoms with Crippen molar-refractivity contribution in [2.45, 2.75) is 20.3 Å². The van der Waals surface area contributed by atoms with Crippen molar-refractivity contribution in [2.75, 3.05) is 64.9 Å². The molecule has 0 spiro atoms. The average Bonchev–Trinajstić information content (AvgIpc) is 2.90. The fraction of sp³-hybridized carbons (Fsp3) is 0.414. The van der Waals surface area contributed by atoms with Gasteiger partial charge >= 0.3 is 5.97 Å². The molecule has 196 valence electrons. The number of hydrogen-bond acceptors (Lipinski definition) is 7. The number of hydrogen-bond donors (Lipinski definition) is 0. The molecular formula is C29H36N4O4. The van der Waals surface area contributed by atoms with E-state index in [9.17, 15) is 9.59 Å². The van der Waals surface area contributed by atoms with Crippen LogP contribution < -0.4 is 9.64 Å². The number of benzene rings is 2. The Morgan fingerprint density at radius 1 is 1.00 bits per heavy atom. The molecule has 2 aromatic carbocycles. The molecule has 1 aliphatic heterocycles. The molecule has 0 N–H and O–H groups in total. The Hall–Kier alpha value is -3.65. The van der Waals surface area contributed by atoms with Gasteiger partial charge in [0.1, 0.15) is 5.56 Å². The lowest BCUT2D eigenvalue weighted by molar-refractivity contribution is 0.0520. The van der Waals surface area contributed by atoms with Gasteiger partial charge in [-0.3, -0.25) is 4.79 Å². The molecule has 0 bridgehead atoms. The first kappa shape index (κ1) is 26.4. The van der Waals surface area contributed by atoms with Crippen molar-refractivity contribution in [3.63, 3.8) is 0 Å². The second-order valence-electron chi connectivity index (χ2n) is 9.53. The molecule has 0 saturated carbocycles. The number of rotatable bonds is 9. The first-order valence-electron chi connectivity index (χ1n) is 12.9. The Bertz CT molecular complexity index is 1230. The molecule has 0 atom stereocenters. The smallest absolute Gasteiger partial charge is 0.345 e. The van der Waals surface area contributed by atoms with Crippen LogP contribution in [0.25, 0.3) is 10.9 Å². The summed E-state index contributed by atoms with van der Waals surface area (Å²) < 4.78 is 11.6. The molecule has 3 aromatic rings. The highest BCUT2D eigenvalue weighted by Gasteiger charge is 2.30. The summed E-state index contributed by atoms with van der Waals surface area (Å²) in [6.07, 6.45) is 0.804. The molecule has 37 heavy (non-hydrogen) atoms. The Kier molecular flexibility index (Phi) is 8.61. The normalized spacial score (nSPS) is 13.8. The van der Waals surface area contributed by atoms with E-state index in [2.05, 4.69) is 9.80 Å². The third kappa shape index (κ3) is 6.20. The lowest BCUT2D eigenvalue weighted by atomic mass is 10.1. The lowest BCUT2D eigenvalue weighted by Crippen LogP contribution is -2.49. The van der Waals surface area contributed by atoms with E-state index in [0.29, 0.717) is 49.8 Å². The van der Waals surface area contributed by atoms with Gasteiger partial charge in [-0.2, -0.15) is 0 Å². The number of ether oxygens (including phenoxy) is 2. The number of aryl methyl sites for hydroxylation is 1. The monoisotopic (exact) mass is 504 g/mol. The summed E-state index contributed by atoms with van der Waals surface area (Å²) in [5, 5.41) is 0.865. The summed E-state index contributed by atoms with van der Waals surface area (Å²) in [7, 11) is 4.03. The first-order valence-corrected chi connectivity index (χ1v) is 12.9. The quantitative estimate of drug-likeness (QED) is 0.322. The number of amides is 1. The Morgan fingerprint density at radius 3 is 2.38 bits per heavy atom. The van der Waals surface area contributed by atoms with E-state index in [0.717, 1.165) is 35.1 Å². The van der Waals surface area contributed by atoms with Gasteiger partial charge < -0.3 is 24.2 Å². The number of pyridine rings is 1. The second-order valence-corrected chi connectivity index (χ2v) is 9.53. The third-order valence-electron chi connectivity index (χ3n) is 6.48. The number of piperazine rings is 1. The molecular weight excluding hydrogens is 468 g/mol. The zero-order valence-corrected chi connectivity index (χ0v) is 22.2. The minimum Gasteiger partial charge on any atom is -0.477 e. The van der Waals surface area contributed by atoms with Crippen molar-refractivity contribution in [1.82, 2.24) is 14.8 Å². The number of carbonyl (C=O) groups excluding carboxylic acids is 2. The molecule has 8 nitrogen and oxygen atoms in total. The minimum absolute atomic E-state index is 0.0229. The largest absolute Gasteiger partial charge is 0.477 e. The fourth-order valence-electron chi connectivity index (χ4n) is 4.55. The molecule has 0 radical (unpaired) electrons. The van der Waals surface area contributed by atoms with Crippen LogP contribution in [-0.2, 0) is 4.74 Å². The molecule has 1 fully saturated rings. The number of carbonyl (C=O) groups is 2. The molecule has 8 heteroatoms. The van der Waals surface area contributed by atoms with Crippen molar-refractivity contribution in [1.29, 1.82) is 0 Å². The van der Waals surface area contributed by atoms with Crippen LogP contribution in [0.5, 0.6) is 5.88 Å². The van der Waals surface area contributed by atoms with Crippen molar-refractivity contribution in [3.05, 3.63) is 65.2 Å². The molecule has 2 heterocycles. The molecule has 4 rings (SSSR count). The summed E-state index contributed by atoms with van der Waals surface area (Å²) in [6, 6.07) is 15.4. The van der Waals surface area contributed by atoms with Crippen LogP contribution in [0.1, 0.15) is 39.6 Å². The van der Waals surface area contributed by atoms with E-state index >= 15 is 0 Å². The lowest BCUT2D eigenvalue weighted by Gasteiger charge is -2.37. The van der Waals surface area contributed by atoms with Gasteiger partial charge in [0.15, 0.2) is 0 Å². The summed E-state index contributed by atoms with van der Waals surface area (Å²) in [6.45, 7) is 7.61. The van der Waals surface area contributed by atoms with Crippen LogP contribution in [-0.4, -0.2) is 86.7 Å². The number of para-hydroxylation sites is 1. The van der Waals surface area contributed by atoms with Crippen LogP contribution in [0.4, 0.5) is 5.69 Å². The standard InChI is InChI=1S/C29H36N4O4/c1-5-36-29(35)25-26(23-9-6-7-10-24(23)30-27(25)37-20-8-15-31(3)4)32-16-18-33(19-17-32)28(34)22-13-11-21(2)12-14-22/h6-7,9-14H,5,8,15-20H2,1-4H3. The zero-order chi connectivity index (χ0) is 26.4. The maximum atomic E-state index is 13.3. The van der Waals surface area contributed by atoms with Crippen LogP contribution in [0.3, 0.4) is 0 Å². The van der Waals surface area contributed by atoms with E-state index in [1.807, 2.05) is 74.4 Å². The van der Waals surface area contributed by atoms with Gasteiger partial charge in [0.2, 0.25) is 5.88 Å². The number of aromatic nitrogens is 1. The maximum absolute atomic E-state index is 13.3. The molecule has 1 saturated heterocycles. The first-order chi connectivity index (χ1) is 17.9. The van der Waals surface area contributed by atoms with Gasteiger partial charge in [0.05, 0.1) is 24.4 Å². The van der Waals surface area contributed by atoms with Crippen molar-refractivity contribution < 1.29 is 19.1 Å². The fourth-order valence-corrected chi connectivity index (χ4v) is 4.55. The van der Waals surface area contributed by atoms with Crippen LogP contribution in [0, 0.1) is 6.92 Å². The highest BCUT2D eigenvalue weighted by molar-refractivity contribution is 6.07. The van der Waals surface area contributed by atoms with Gasteiger partial charge in [0, 0.05) is 43.7 Å². The molecule has 0 aliphatic carbocycles. The Morgan fingerprint density at radius 2 is 1.70 bits per heavy atom. The Balaban J connectivity index is 1.64. The predicted molar refractivity (Wildman–Crippen MR) is 146 cm³/mol. The number of nitrogens with zero attached hydrogens (tertiary/aromatic N) is 4. The van der Waals surface area contributed by atoms with E-state index in [-0.39, 0.29) is 12.5 Å². The summed E-state index contributed by atoms with van der Waals surface area (Å²) >= 11 is 0. The van der Waals surface area contributed by atoms with Gasteiger partial charge in [-0.1, -0.05) is 35.9 Å². The number of anilines is 1. The molecule has 0 unspecified atom stereocenters. The van der Waals surface area contributed by atoms with Gasteiger partial charge in [0.25, 0.3) is 5.91 Å². The second kappa shape index (κ2) is 12.1. The zero-order valence-electron chi connectivity index (χ0n) is 22.2. The maximum Gasteiger partial charge on any atom is 0.345 e. The summed E-state index contributed by atoms with van der Waals surface area (Å²) in [5.41, 5.74) is 3.68. The van der Waals surface area contributed by atoms with Gasteiger partial charge in [-0.15, -0.1) is 0 Å². The molecule has 1 aliphatic rings. The van der Waals surface area contributed by atoms with E-state index in [1.165, 1.54) is 0 Å². The highest BCUT2D eigenvalue weighted by atomic mass is 16.5. The molecule has 1 aromatic heterocycles. The number of fused-ring (bicyclic) bond motifs is 1. The minimum atomic E-state index is -0.448. The van der Waals surface area contributed by atoms with Gasteiger partial charge in [-0.05, 0) is 52.6 Å². The predicted octanol–water partition coefficient (Wildman–Crippen LogP) is 4.01. The van der Waals surface area contributed by atoms with Crippen molar-refractivity contribution >= 4 is 28.5 Å². The van der Waals surface area contributed by atoms with Crippen LogP contribution in [0.15, 0.2) is 48.5 Å². The third-order valence-corrected chi connectivity index (χ3v) is 6.48. The highest BCUT2D eigenvalue weighted by Crippen LogP contribution is 2.37. The average molecular weight is 505 g/mol. The van der Waals surface area contributed by atoms with E-state index < -0.39 is 5.97 Å². The summed E-state index contributed by atoms with van der Waals surface area (Å²) in [4.78, 5) is 37.2. The number of esters is 1. The van der Waals surface area contributed by atoms with E-state index in [1.54, 1.807) is 6.92 Å². The van der Waals surface area contributed by atoms with Crippen LogP contribution in [0.2, 0.25) is 0 Å². The van der Waals surface area contributed by atoms with Crippen molar-refractivity contribution in [2.24, 2.45) is 0 Å². The van der Waals surface area contributed by atoms with E-state index in [4.69, 9.17) is 14.5 Å². The molecule has 1 amide bonds. The SMILES string of the molecule is CCOC(=O)c1c(OCCCN(C)C)nc2ccccc2c1N1CCN(C(=O)c2ccc(C)cc2)CC1.